The maximum Gasteiger partial charge on any atom is 0.251 e. The summed E-state index contributed by atoms with van der Waals surface area (Å²) < 4.78 is 11.9. The Morgan fingerprint density at radius 2 is 2.05 bits per heavy atom. The topological polar surface area (TPSA) is 65.4 Å². The molecule has 6 nitrogen and oxygen atoms in total. The number of amides is 1. The molecule has 112 valence electrons. The number of aryl methyl sites for hydroxylation is 2. The van der Waals surface area contributed by atoms with Gasteiger partial charge in [-0.25, -0.2) is 0 Å². The number of nitrogens with one attached hydrogen (secondary N) is 1. The summed E-state index contributed by atoms with van der Waals surface area (Å²) >= 11 is 0. The van der Waals surface area contributed by atoms with Crippen LogP contribution < -0.4 is 10.1 Å². The molecule has 1 heterocycles. The van der Waals surface area contributed by atoms with Crippen LogP contribution in [0.25, 0.3) is 11.1 Å². The molecule has 0 atom stereocenters. The molecule has 1 aromatic carbocycles. The van der Waals surface area contributed by atoms with Crippen LogP contribution >= 0.6 is 0 Å². The summed E-state index contributed by atoms with van der Waals surface area (Å²) in [6, 6.07) is 7.64. The maximum absolute atomic E-state index is 11.8. The Labute approximate surface area is 123 Å². The summed E-state index contributed by atoms with van der Waals surface area (Å²) in [4.78, 5) is 11.8. The lowest BCUT2D eigenvalue weighted by Gasteiger charge is -2.11. The molecule has 0 saturated heterocycles. The van der Waals surface area contributed by atoms with Crippen LogP contribution in [-0.2, 0) is 16.6 Å². The molecule has 0 radical (unpaired) electrons. The molecule has 21 heavy (non-hydrogen) atoms. The minimum absolute atomic E-state index is 0.00437. The summed E-state index contributed by atoms with van der Waals surface area (Å²) in [5.74, 6) is 1.13. The van der Waals surface area contributed by atoms with Crippen molar-refractivity contribution in [2.24, 2.45) is 7.05 Å². The van der Waals surface area contributed by atoms with Crippen LogP contribution in [0, 0.1) is 6.92 Å². The summed E-state index contributed by atoms with van der Waals surface area (Å²) in [7, 11) is 4.89. The molecule has 0 unspecified atom stereocenters. The third kappa shape index (κ3) is 3.05. The minimum Gasteiger partial charge on any atom is -0.496 e. The molecular formula is C15H19N3O3. The number of hydrogen-bond acceptors (Lipinski definition) is 4. The van der Waals surface area contributed by atoms with Gasteiger partial charge in [0.1, 0.15) is 18.2 Å². The van der Waals surface area contributed by atoms with Gasteiger partial charge in [0.2, 0.25) is 0 Å². The van der Waals surface area contributed by atoms with Gasteiger partial charge in [-0.2, -0.15) is 5.10 Å². The predicted octanol–water partition coefficient (Wildman–Crippen LogP) is 1.99. The van der Waals surface area contributed by atoms with E-state index in [2.05, 4.69) is 10.4 Å². The van der Waals surface area contributed by atoms with E-state index in [4.69, 9.17) is 9.47 Å². The molecule has 0 aliphatic heterocycles. The SMILES string of the molecule is COCC(=O)Nc1c(-c2ccccc2OC)c(C)nn1C. The molecule has 2 rings (SSSR count). The van der Waals surface area contributed by atoms with E-state index in [0.29, 0.717) is 5.82 Å². The number of methoxy groups -OCH3 is 2. The van der Waals surface area contributed by atoms with Gasteiger partial charge in [-0.05, 0) is 13.0 Å². The van der Waals surface area contributed by atoms with E-state index in [-0.39, 0.29) is 12.5 Å². The van der Waals surface area contributed by atoms with Gasteiger partial charge in [-0.15, -0.1) is 0 Å². The molecule has 0 bridgehead atoms. The fourth-order valence-corrected chi connectivity index (χ4v) is 2.27. The normalized spacial score (nSPS) is 10.5. The average Bonchev–Trinajstić information content (AvgIpc) is 2.73. The van der Waals surface area contributed by atoms with Crippen LogP contribution in [0.5, 0.6) is 5.75 Å². The van der Waals surface area contributed by atoms with Gasteiger partial charge < -0.3 is 14.8 Å². The van der Waals surface area contributed by atoms with Crippen molar-refractivity contribution < 1.29 is 14.3 Å². The number of hydrogen-bond donors (Lipinski definition) is 1. The van der Waals surface area contributed by atoms with Crippen LogP contribution in [0.4, 0.5) is 5.82 Å². The van der Waals surface area contributed by atoms with Crippen LogP contribution in [0.3, 0.4) is 0 Å². The summed E-state index contributed by atoms with van der Waals surface area (Å²) in [5, 5.41) is 7.21. The van der Waals surface area contributed by atoms with E-state index >= 15 is 0 Å². The van der Waals surface area contributed by atoms with Crippen LogP contribution in [-0.4, -0.2) is 36.5 Å². The second-order valence-corrected chi connectivity index (χ2v) is 4.61. The van der Waals surface area contributed by atoms with Crippen LogP contribution in [0.15, 0.2) is 24.3 Å². The van der Waals surface area contributed by atoms with Gasteiger partial charge in [0.25, 0.3) is 5.91 Å². The first-order valence-electron chi connectivity index (χ1n) is 6.54. The van der Waals surface area contributed by atoms with Gasteiger partial charge in [0.15, 0.2) is 0 Å². The van der Waals surface area contributed by atoms with E-state index in [1.165, 1.54) is 7.11 Å². The lowest BCUT2D eigenvalue weighted by molar-refractivity contribution is -0.119. The Balaban J connectivity index is 2.50. The van der Waals surface area contributed by atoms with E-state index in [0.717, 1.165) is 22.6 Å². The average molecular weight is 289 g/mol. The standard InChI is InChI=1S/C15H19N3O3/c1-10-14(11-7-5-6-8-12(11)21-4)15(18(2)17-10)16-13(19)9-20-3/h5-8H,9H2,1-4H3,(H,16,19). The molecule has 1 N–H and O–H groups in total. The zero-order valence-corrected chi connectivity index (χ0v) is 12.6. The number of benzene rings is 1. The maximum atomic E-state index is 11.8. The number of nitrogens with zero attached hydrogens (tertiary/aromatic N) is 2. The Hall–Kier alpha value is -2.34. The van der Waals surface area contributed by atoms with Gasteiger partial charge >= 0.3 is 0 Å². The van der Waals surface area contributed by atoms with Gasteiger partial charge in [0, 0.05) is 19.7 Å². The van der Waals surface area contributed by atoms with E-state index in [1.54, 1.807) is 18.8 Å². The quantitative estimate of drug-likeness (QED) is 0.914. The third-order valence-electron chi connectivity index (χ3n) is 3.13. The van der Waals surface area contributed by atoms with E-state index < -0.39 is 0 Å². The Morgan fingerprint density at radius 1 is 1.33 bits per heavy atom. The highest BCUT2D eigenvalue weighted by Gasteiger charge is 2.19. The van der Waals surface area contributed by atoms with Crippen LogP contribution in [0.1, 0.15) is 5.69 Å². The lowest BCUT2D eigenvalue weighted by atomic mass is 10.0. The highest BCUT2D eigenvalue weighted by Crippen LogP contribution is 2.36. The van der Waals surface area contributed by atoms with Crippen molar-refractivity contribution in [1.82, 2.24) is 9.78 Å². The summed E-state index contributed by atoms with van der Waals surface area (Å²) in [6.07, 6.45) is 0. The fraction of sp³-hybridized carbons (Fsp3) is 0.333. The Kier molecular flexibility index (Phi) is 4.59. The molecule has 2 aromatic rings. The van der Waals surface area contributed by atoms with Crippen LogP contribution in [0.2, 0.25) is 0 Å². The van der Waals surface area contributed by atoms with Gasteiger partial charge in [-0.3, -0.25) is 9.48 Å². The Bertz CT molecular complexity index is 650. The first-order chi connectivity index (χ1) is 10.1. The van der Waals surface area contributed by atoms with Gasteiger partial charge in [0.05, 0.1) is 18.4 Å². The van der Waals surface area contributed by atoms with Crippen molar-refractivity contribution in [1.29, 1.82) is 0 Å². The van der Waals surface area contributed by atoms with Crippen molar-refractivity contribution >= 4 is 11.7 Å². The molecular weight excluding hydrogens is 270 g/mol. The first-order valence-corrected chi connectivity index (χ1v) is 6.54. The number of aromatic nitrogens is 2. The Morgan fingerprint density at radius 3 is 2.71 bits per heavy atom. The smallest absolute Gasteiger partial charge is 0.251 e. The molecule has 1 aromatic heterocycles. The second-order valence-electron chi connectivity index (χ2n) is 4.61. The number of ether oxygens (including phenoxy) is 2. The molecule has 0 fully saturated rings. The highest BCUT2D eigenvalue weighted by molar-refractivity contribution is 5.96. The van der Waals surface area contributed by atoms with Crippen molar-refractivity contribution in [3.8, 4) is 16.9 Å². The first kappa shape index (κ1) is 15.1. The lowest BCUT2D eigenvalue weighted by Crippen LogP contribution is -2.19. The molecule has 0 spiro atoms. The molecule has 0 saturated carbocycles. The number of anilines is 1. The fourth-order valence-electron chi connectivity index (χ4n) is 2.27. The number of rotatable bonds is 5. The summed E-state index contributed by atoms with van der Waals surface area (Å²) in [6.45, 7) is 1.89. The summed E-state index contributed by atoms with van der Waals surface area (Å²) in [5.41, 5.74) is 2.55. The molecule has 0 aliphatic carbocycles. The zero-order chi connectivity index (χ0) is 15.4. The number of carbonyl (C=O) groups is 1. The third-order valence-corrected chi connectivity index (χ3v) is 3.13. The molecule has 6 heteroatoms. The minimum atomic E-state index is -0.225. The van der Waals surface area contributed by atoms with E-state index in [9.17, 15) is 4.79 Å². The van der Waals surface area contributed by atoms with E-state index in [1.807, 2.05) is 31.2 Å². The monoisotopic (exact) mass is 289 g/mol. The highest BCUT2D eigenvalue weighted by atomic mass is 16.5. The van der Waals surface area contributed by atoms with Gasteiger partial charge in [-0.1, -0.05) is 18.2 Å². The number of carbonyl (C=O) groups excluding carboxylic acids is 1. The zero-order valence-electron chi connectivity index (χ0n) is 12.6. The molecule has 1 amide bonds. The van der Waals surface area contributed by atoms with Crippen molar-refractivity contribution in [3.05, 3.63) is 30.0 Å². The van der Waals surface area contributed by atoms with Crippen molar-refractivity contribution in [2.45, 2.75) is 6.92 Å². The van der Waals surface area contributed by atoms with Crippen molar-refractivity contribution in [2.75, 3.05) is 26.1 Å². The predicted molar refractivity (Wildman–Crippen MR) is 80.4 cm³/mol. The van der Waals surface area contributed by atoms with Crippen molar-refractivity contribution in [3.63, 3.8) is 0 Å². The number of para-hydroxylation sites is 1. The second kappa shape index (κ2) is 6.41. The molecule has 0 aliphatic rings. The largest absolute Gasteiger partial charge is 0.496 e.